The van der Waals surface area contributed by atoms with Gasteiger partial charge in [-0.2, -0.15) is 0 Å². The molecule has 4 aliphatic rings. The van der Waals surface area contributed by atoms with Crippen LogP contribution < -0.4 is 10.6 Å². The molecule has 0 spiro atoms. The second kappa shape index (κ2) is 5.77. The molecule has 3 fully saturated rings. The summed E-state index contributed by atoms with van der Waals surface area (Å²) < 4.78 is 0. The maximum atomic E-state index is 12.6. The van der Waals surface area contributed by atoms with Crippen molar-refractivity contribution in [1.29, 1.82) is 0 Å². The standard InChI is InChI=1S/C21H20N2O5/c1-8-6-9(2-5-14(8)24)15-10-3-4-11-16(20(27)22-18(11)25)12(10)7-13-17(15)21(28)23-19(13)26/h2-3,5-6,11-13,15-17,24H,4,7H2,1H3,(H,22,25,27)(H,23,26,28)/t11-,12+,13+,15-,16-,17+/m0/s1. The third-order valence-corrected chi connectivity index (χ3v) is 6.91. The van der Waals surface area contributed by atoms with Crippen LogP contribution in [0, 0.1) is 36.5 Å². The Labute approximate surface area is 161 Å². The van der Waals surface area contributed by atoms with Gasteiger partial charge in [0.25, 0.3) is 0 Å². The van der Waals surface area contributed by atoms with Crippen molar-refractivity contribution in [3.05, 3.63) is 41.0 Å². The van der Waals surface area contributed by atoms with Crippen molar-refractivity contribution in [2.45, 2.75) is 25.7 Å². The zero-order valence-corrected chi connectivity index (χ0v) is 15.3. The number of aromatic hydroxyl groups is 1. The van der Waals surface area contributed by atoms with Gasteiger partial charge in [0.1, 0.15) is 5.75 Å². The smallest absolute Gasteiger partial charge is 0.231 e. The molecule has 2 saturated heterocycles. The number of phenols is 1. The molecule has 1 saturated carbocycles. The first kappa shape index (κ1) is 17.2. The molecule has 0 bridgehead atoms. The van der Waals surface area contributed by atoms with E-state index in [9.17, 15) is 24.3 Å². The number of nitrogens with one attached hydrogen (secondary N) is 2. The predicted octanol–water partition coefficient (Wildman–Crippen LogP) is 0.912. The lowest BCUT2D eigenvalue weighted by Crippen LogP contribution is -2.42. The summed E-state index contributed by atoms with van der Waals surface area (Å²) in [5, 5.41) is 14.8. The van der Waals surface area contributed by atoms with Gasteiger partial charge in [-0.25, -0.2) is 0 Å². The molecule has 0 unspecified atom stereocenters. The maximum Gasteiger partial charge on any atom is 0.231 e. The summed E-state index contributed by atoms with van der Waals surface area (Å²) in [5.74, 6) is -3.50. The third-order valence-electron chi connectivity index (χ3n) is 6.91. The molecule has 2 aliphatic carbocycles. The van der Waals surface area contributed by atoms with Gasteiger partial charge in [-0.1, -0.05) is 23.8 Å². The van der Waals surface area contributed by atoms with E-state index < -0.39 is 23.7 Å². The molecule has 5 rings (SSSR count). The van der Waals surface area contributed by atoms with Crippen molar-refractivity contribution >= 4 is 23.6 Å². The van der Waals surface area contributed by atoms with Crippen molar-refractivity contribution in [2.24, 2.45) is 29.6 Å². The van der Waals surface area contributed by atoms with Gasteiger partial charge in [0, 0.05) is 5.92 Å². The molecule has 28 heavy (non-hydrogen) atoms. The van der Waals surface area contributed by atoms with E-state index in [2.05, 4.69) is 10.6 Å². The Hall–Kier alpha value is -2.96. The number of amides is 4. The van der Waals surface area contributed by atoms with Gasteiger partial charge in [-0.05, 0) is 42.9 Å². The van der Waals surface area contributed by atoms with Crippen molar-refractivity contribution in [3.63, 3.8) is 0 Å². The molecular weight excluding hydrogens is 360 g/mol. The summed E-state index contributed by atoms with van der Waals surface area (Å²) in [7, 11) is 0. The summed E-state index contributed by atoms with van der Waals surface area (Å²) in [4.78, 5) is 49.7. The van der Waals surface area contributed by atoms with Crippen LogP contribution in [0.3, 0.4) is 0 Å². The Morgan fingerprint density at radius 3 is 2.29 bits per heavy atom. The van der Waals surface area contributed by atoms with Gasteiger partial charge in [0.15, 0.2) is 0 Å². The summed E-state index contributed by atoms with van der Waals surface area (Å²) in [6, 6.07) is 5.20. The van der Waals surface area contributed by atoms with E-state index in [-0.39, 0.29) is 41.2 Å². The monoisotopic (exact) mass is 380 g/mol. The maximum absolute atomic E-state index is 12.6. The molecular formula is C21H20N2O5. The molecule has 7 heteroatoms. The largest absolute Gasteiger partial charge is 0.508 e. The van der Waals surface area contributed by atoms with Crippen LogP contribution in [0.2, 0.25) is 0 Å². The van der Waals surface area contributed by atoms with E-state index >= 15 is 0 Å². The topological polar surface area (TPSA) is 113 Å². The SMILES string of the molecule is Cc1cc([C@H]2C3=CC[C@@H]4C(=O)NC(=O)[C@@H]4[C@@H]3C[C@H]3C(=O)NC(=O)[C@@H]23)ccc1O. The van der Waals surface area contributed by atoms with E-state index in [1.807, 2.05) is 12.1 Å². The first-order valence-electron chi connectivity index (χ1n) is 9.55. The van der Waals surface area contributed by atoms with Crippen molar-refractivity contribution < 1.29 is 24.3 Å². The van der Waals surface area contributed by atoms with Crippen LogP contribution in [0.25, 0.3) is 0 Å². The van der Waals surface area contributed by atoms with Gasteiger partial charge in [0.05, 0.1) is 23.7 Å². The van der Waals surface area contributed by atoms with Crippen LogP contribution in [-0.4, -0.2) is 28.7 Å². The lowest BCUT2D eigenvalue weighted by Gasteiger charge is -2.44. The van der Waals surface area contributed by atoms with E-state index in [1.54, 1.807) is 19.1 Å². The molecule has 0 aromatic heterocycles. The second-order valence-electron chi connectivity index (χ2n) is 8.28. The number of carbonyl (C=O) groups excluding carboxylic acids is 4. The van der Waals surface area contributed by atoms with Gasteiger partial charge in [-0.15, -0.1) is 0 Å². The first-order chi connectivity index (χ1) is 13.4. The minimum atomic E-state index is -0.532. The fourth-order valence-electron chi connectivity index (χ4n) is 5.66. The third kappa shape index (κ3) is 2.22. The highest BCUT2D eigenvalue weighted by Gasteiger charge is 2.58. The number of phenolic OH excluding ortho intramolecular Hbond substituents is 1. The highest BCUT2D eigenvalue weighted by atomic mass is 16.3. The van der Waals surface area contributed by atoms with Gasteiger partial charge < -0.3 is 5.11 Å². The van der Waals surface area contributed by atoms with E-state index in [0.29, 0.717) is 18.4 Å². The number of benzene rings is 1. The Kier molecular flexibility index (Phi) is 3.53. The summed E-state index contributed by atoms with van der Waals surface area (Å²) in [6.07, 6.45) is 2.83. The molecule has 4 amide bonds. The Morgan fingerprint density at radius 2 is 1.57 bits per heavy atom. The lowest BCUT2D eigenvalue weighted by molar-refractivity contribution is -0.128. The summed E-state index contributed by atoms with van der Waals surface area (Å²) in [6.45, 7) is 1.78. The fraction of sp³-hybridized carbons (Fsp3) is 0.429. The lowest BCUT2D eigenvalue weighted by atomic mass is 9.57. The number of aryl methyl sites for hydroxylation is 1. The Morgan fingerprint density at radius 1 is 0.893 bits per heavy atom. The molecule has 1 aromatic rings. The Balaban J connectivity index is 1.66. The van der Waals surface area contributed by atoms with E-state index in [4.69, 9.17) is 0 Å². The summed E-state index contributed by atoms with van der Waals surface area (Å²) in [5.41, 5.74) is 2.49. The van der Waals surface area contributed by atoms with Crippen LogP contribution >= 0.6 is 0 Å². The van der Waals surface area contributed by atoms with Crippen LogP contribution in [0.5, 0.6) is 5.75 Å². The van der Waals surface area contributed by atoms with Crippen molar-refractivity contribution in [1.82, 2.24) is 10.6 Å². The number of imide groups is 2. The van der Waals surface area contributed by atoms with Crippen LogP contribution in [0.4, 0.5) is 0 Å². The van der Waals surface area contributed by atoms with Gasteiger partial charge >= 0.3 is 0 Å². The number of fused-ring (bicyclic) bond motifs is 4. The van der Waals surface area contributed by atoms with Crippen LogP contribution in [-0.2, 0) is 19.2 Å². The van der Waals surface area contributed by atoms with Gasteiger partial charge in [-0.3, -0.25) is 29.8 Å². The normalized spacial score (nSPS) is 36.2. The van der Waals surface area contributed by atoms with Crippen molar-refractivity contribution in [2.75, 3.05) is 0 Å². The Bertz CT molecular complexity index is 981. The zero-order valence-electron chi connectivity index (χ0n) is 15.3. The molecule has 2 heterocycles. The zero-order chi connectivity index (χ0) is 19.7. The van der Waals surface area contributed by atoms with E-state index in [1.165, 1.54) is 0 Å². The first-order valence-corrected chi connectivity index (χ1v) is 9.55. The highest BCUT2D eigenvalue weighted by Crippen LogP contribution is 2.56. The molecule has 3 N–H and O–H groups in total. The number of hydrogen-bond acceptors (Lipinski definition) is 5. The van der Waals surface area contributed by atoms with Crippen LogP contribution in [0.1, 0.15) is 29.9 Å². The van der Waals surface area contributed by atoms with Crippen LogP contribution in [0.15, 0.2) is 29.8 Å². The summed E-state index contributed by atoms with van der Waals surface area (Å²) >= 11 is 0. The van der Waals surface area contributed by atoms with Gasteiger partial charge in [0.2, 0.25) is 23.6 Å². The molecule has 1 aromatic carbocycles. The number of rotatable bonds is 1. The number of hydrogen-bond donors (Lipinski definition) is 3. The average molecular weight is 380 g/mol. The second-order valence-corrected chi connectivity index (χ2v) is 8.28. The molecule has 0 radical (unpaired) electrons. The average Bonchev–Trinajstić information content (AvgIpc) is 3.11. The molecule has 6 atom stereocenters. The minimum Gasteiger partial charge on any atom is -0.508 e. The predicted molar refractivity (Wildman–Crippen MR) is 96.7 cm³/mol. The number of allylic oxidation sites excluding steroid dienone is 2. The highest BCUT2D eigenvalue weighted by molar-refractivity contribution is 6.07. The minimum absolute atomic E-state index is 0.165. The number of carbonyl (C=O) groups is 4. The molecule has 144 valence electrons. The fourth-order valence-corrected chi connectivity index (χ4v) is 5.66. The van der Waals surface area contributed by atoms with E-state index in [0.717, 1.165) is 11.1 Å². The quantitative estimate of drug-likeness (QED) is 0.495. The van der Waals surface area contributed by atoms with Crippen molar-refractivity contribution in [3.8, 4) is 5.75 Å². The molecule has 2 aliphatic heterocycles. The molecule has 7 nitrogen and oxygen atoms in total.